The standard InChI is InChI=1S/C12H20ClN3O/c1-3-5-6-9(4-2)7-14-11-10(13)12(17)16-8-15-11/h8-9H,3-7H2,1-2H3,(H2,14,15,16,17). The second-order valence-electron chi connectivity index (χ2n) is 4.19. The van der Waals surface area contributed by atoms with E-state index in [9.17, 15) is 4.79 Å². The van der Waals surface area contributed by atoms with Crippen molar-refractivity contribution in [1.29, 1.82) is 0 Å². The van der Waals surface area contributed by atoms with Gasteiger partial charge in [0.25, 0.3) is 5.56 Å². The number of nitrogens with zero attached hydrogens (tertiary/aromatic N) is 1. The van der Waals surface area contributed by atoms with E-state index in [0.717, 1.165) is 13.0 Å². The number of aromatic nitrogens is 2. The number of unbranched alkanes of at least 4 members (excludes halogenated alkanes) is 1. The maximum Gasteiger partial charge on any atom is 0.271 e. The van der Waals surface area contributed by atoms with Gasteiger partial charge in [-0.2, -0.15) is 0 Å². The zero-order valence-electron chi connectivity index (χ0n) is 10.4. The first-order valence-corrected chi connectivity index (χ1v) is 6.53. The first-order chi connectivity index (χ1) is 8.19. The summed E-state index contributed by atoms with van der Waals surface area (Å²) >= 11 is 5.86. The lowest BCUT2D eigenvalue weighted by molar-refractivity contribution is 0.472. The average Bonchev–Trinajstić information content (AvgIpc) is 2.34. The topological polar surface area (TPSA) is 57.8 Å². The van der Waals surface area contributed by atoms with E-state index in [1.54, 1.807) is 0 Å². The minimum atomic E-state index is -0.300. The van der Waals surface area contributed by atoms with Crippen molar-refractivity contribution < 1.29 is 0 Å². The highest BCUT2D eigenvalue weighted by Crippen LogP contribution is 2.16. The van der Waals surface area contributed by atoms with Crippen LogP contribution in [0.2, 0.25) is 5.02 Å². The van der Waals surface area contributed by atoms with Gasteiger partial charge in [-0.25, -0.2) is 4.98 Å². The molecule has 1 aromatic heterocycles. The third kappa shape index (κ3) is 4.38. The predicted octanol–water partition coefficient (Wildman–Crippen LogP) is 3.05. The summed E-state index contributed by atoms with van der Waals surface area (Å²) in [6, 6.07) is 0. The second-order valence-corrected chi connectivity index (χ2v) is 4.57. The highest BCUT2D eigenvalue weighted by atomic mass is 35.5. The van der Waals surface area contributed by atoms with Crippen LogP contribution in [-0.2, 0) is 0 Å². The molecule has 0 saturated carbocycles. The summed E-state index contributed by atoms with van der Waals surface area (Å²) in [5.41, 5.74) is -0.300. The fraction of sp³-hybridized carbons (Fsp3) is 0.667. The average molecular weight is 258 g/mol. The van der Waals surface area contributed by atoms with Gasteiger partial charge in [0.15, 0.2) is 5.82 Å². The van der Waals surface area contributed by atoms with Crippen LogP contribution in [0.25, 0.3) is 0 Å². The van der Waals surface area contributed by atoms with E-state index < -0.39 is 0 Å². The van der Waals surface area contributed by atoms with Gasteiger partial charge in [-0.1, -0.05) is 44.7 Å². The lowest BCUT2D eigenvalue weighted by Gasteiger charge is -2.15. The molecule has 4 nitrogen and oxygen atoms in total. The fourth-order valence-electron chi connectivity index (χ4n) is 1.69. The third-order valence-electron chi connectivity index (χ3n) is 2.90. The van der Waals surface area contributed by atoms with Gasteiger partial charge in [-0.05, 0) is 12.3 Å². The van der Waals surface area contributed by atoms with Crippen LogP contribution in [-0.4, -0.2) is 16.5 Å². The van der Waals surface area contributed by atoms with Crippen LogP contribution in [0.15, 0.2) is 11.1 Å². The fourth-order valence-corrected chi connectivity index (χ4v) is 1.86. The van der Waals surface area contributed by atoms with Gasteiger partial charge in [-0.3, -0.25) is 4.79 Å². The van der Waals surface area contributed by atoms with E-state index in [0.29, 0.717) is 11.7 Å². The van der Waals surface area contributed by atoms with Crippen molar-refractivity contribution in [3.63, 3.8) is 0 Å². The normalized spacial score (nSPS) is 12.4. The zero-order valence-corrected chi connectivity index (χ0v) is 11.2. The third-order valence-corrected chi connectivity index (χ3v) is 3.25. The lowest BCUT2D eigenvalue weighted by Crippen LogP contribution is -2.17. The second kappa shape index (κ2) is 7.33. The Bertz CT molecular complexity index is 392. The zero-order chi connectivity index (χ0) is 12.7. The van der Waals surface area contributed by atoms with Crippen molar-refractivity contribution in [2.24, 2.45) is 5.92 Å². The molecule has 0 aliphatic carbocycles. The number of anilines is 1. The first-order valence-electron chi connectivity index (χ1n) is 6.16. The van der Waals surface area contributed by atoms with Crippen LogP contribution < -0.4 is 10.9 Å². The molecule has 2 N–H and O–H groups in total. The van der Waals surface area contributed by atoms with Crippen molar-refractivity contribution in [2.75, 3.05) is 11.9 Å². The van der Waals surface area contributed by atoms with Gasteiger partial charge in [0, 0.05) is 6.54 Å². The monoisotopic (exact) mass is 257 g/mol. The van der Waals surface area contributed by atoms with E-state index >= 15 is 0 Å². The van der Waals surface area contributed by atoms with Crippen molar-refractivity contribution in [2.45, 2.75) is 39.5 Å². The minimum Gasteiger partial charge on any atom is -0.368 e. The Kier molecular flexibility index (Phi) is 6.05. The van der Waals surface area contributed by atoms with Gasteiger partial charge in [0.1, 0.15) is 5.02 Å². The first kappa shape index (κ1) is 14.0. The van der Waals surface area contributed by atoms with E-state index in [1.165, 1.54) is 25.6 Å². The van der Waals surface area contributed by atoms with Gasteiger partial charge in [0.2, 0.25) is 0 Å². The van der Waals surface area contributed by atoms with E-state index in [4.69, 9.17) is 11.6 Å². The number of halogens is 1. The number of rotatable bonds is 7. The van der Waals surface area contributed by atoms with Crippen LogP contribution in [0.5, 0.6) is 0 Å². The molecular weight excluding hydrogens is 238 g/mol. The van der Waals surface area contributed by atoms with Gasteiger partial charge in [0.05, 0.1) is 6.33 Å². The number of H-pyrrole nitrogens is 1. The van der Waals surface area contributed by atoms with E-state index in [2.05, 4.69) is 29.1 Å². The predicted molar refractivity (Wildman–Crippen MR) is 71.7 cm³/mol. The Morgan fingerprint density at radius 3 is 2.94 bits per heavy atom. The smallest absolute Gasteiger partial charge is 0.271 e. The molecule has 1 rings (SSSR count). The van der Waals surface area contributed by atoms with Gasteiger partial charge < -0.3 is 10.3 Å². The molecule has 1 atom stereocenters. The molecule has 0 bridgehead atoms. The molecule has 0 amide bonds. The molecule has 0 aliphatic rings. The molecule has 1 unspecified atom stereocenters. The summed E-state index contributed by atoms with van der Waals surface area (Å²) < 4.78 is 0. The summed E-state index contributed by atoms with van der Waals surface area (Å²) in [7, 11) is 0. The van der Waals surface area contributed by atoms with E-state index in [-0.39, 0.29) is 10.6 Å². The van der Waals surface area contributed by atoms with Crippen LogP contribution in [0, 0.1) is 5.92 Å². The Balaban J connectivity index is 2.53. The molecule has 0 saturated heterocycles. The molecule has 0 radical (unpaired) electrons. The number of hydrogen-bond acceptors (Lipinski definition) is 3. The highest BCUT2D eigenvalue weighted by molar-refractivity contribution is 6.32. The molecule has 0 aliphatic heterocycles. The van der Waals surface area contributed by atoms with E-state index in [1.807, 2.05) is 0 Å². The SMILES string of the molecule is CCCCC(CC)CNc1nc[nH]c(=O)c1Cl. The summed E-state index contributed by atoms with van der Waals surface area (Å²) in [6.45, 7) is 5.18. The van der Waals surface area contributed by atoms with Crippen molar-refractivity contribution in [1.82, 2.24) is 9.97 Å². The van der Waals surface area contributed by atoms with Crippen molar-refractivity contribution >= 4 is 17.4 Å². The molecule has 1 heterocycles. The highest BCUT2D eigenvalue weighted by Gasteiger charge is 2.09. The molecule has 5 heteroatoms. The minimum absolute atomic E-state index is 0.137. The van der Waals surface area contributed by atoms with Crippen LogP contribution >= 0.6 is 11.6 Å². The Morgan fingerprint density at radius 2 is 2.29 bits per heavy atom. The lowest BCUT2D eigenvalue weighted by atomic mass is 9.99. The molecule has 0 aromatic carbocycles. The summed E-state index contributed by atoms with van der Waals surface area (Å²) in [4.78, 5) is 17.7. The Hall–Kier alpha value is -1.03. The quantitative estimate of drug-likeness (QED) is 0.789. The molecule has 0 spiro atoms. The van der Waals surface area contributed by atoms with Gasteiger partial charge >= 0.3 is 0 Å². The number of hydrogen-bond donors (Lipinski definition) is 2. The van der Waals surface area contributed by atoms with Crippen molar-refractivity contribution in [3.8, 4) is 0 Å². The molecular formula is C12H20ClN3O. The Labute approximate surface area is 107 Å². The molecule has 1 aromatic rings. The number of nitrogens with one attached hydrogen (secondary N) is 2. The largest absolute Gasteiger partial charge is 0.368 e. The molecule has 96 valence electrons. The van der Waals surface area contributed by atoms with Crippen molar-refractivity contribution in [3.05, 3.63) is 21.7 Å². The summed E-state index contributed by atoms with van der Waals surface area (Å²) in [5, 5.41) is 3.29. The molecule has 0 fully saturated rings. The maximum absolute atomic E-state index is 11.3. The molecule has 17 heavy (non-hydrogen) atoms. The van der Waals surface area contributed by atoms with Crippen LogP contribution in [0.4, 0.5) is 5.82 Å². The summed E-state index contributed by atoms with van der Waals surface area (Å²) in [5.74, 6) is 1.08. The Morgan fingerprint density at radius 1 is 1.53 bits per heavy atom. The number of aromatic amines is 1. The van der Waals surface area contributed by atoms with Gasteiger partial charge in [-0.15, -0.1) is 0 Å². The van der Waals surface area contributed by atoms with Crippen LogP contribution in [0.1, 0.15) is 39.5 Å². The summed E-state index contributed by atoms with van der Waals surface area (Å²) in [6.07, 6.45) is 6.12. The van der Waals surface area contributed by atoms with Crippen LogP contribution in [0.3, 0.4) is 0 Å². The maximum atomic E-state index is 11.3.